The smallest absolute Gasteiger partial charge is 0.225 e. The van der Waals surface area contributed by atoms with Crippen molar-refractivity contribution >= 4 is 5.95 Å². The molecule has 0 aromatic carbocycles. The first kappa shape index (κ1) is 11.7. The monoisotopic (exact) mass is 210 g/mol. The number of rotatable bonds is 7. The fraction of sp³-hybridized carbons (Fsp3) is 0.600. The van der Waals surface area contributed by atoms with Crippen LogP contribution in [0.4, 0.5) is 5.95 Å². The Kier molecular flexibility index (Phi) is 5.47. The first-order chi connectivity index (χ1) is 7.36. The minimum absolute atomic E-state index is 0.583. The average molecular weight is 210 g/mol. The molecule has 0 saturated carbocycles. The molecule has 1 aromatic heterocycles. The van der Waals surface area contributed by atoms with Gasteiger partial charge < -0.3 is 15.4 Å². The second-order valence-corrected chi connectivity index (χ2v) is 3.06. The second kappa shape index (κ2) is 7.00. The molecule has 0 saturated heterocycles. The van der Waals surface area contributed by atoms with Gasteiger partial charge in [0, 0.05) is 18.8 Å². The summed E-state index contributed by atoms with van der Waals surface area (Å²) in [4.78, 5) is 8.23. The summed E-state index contributed by atoms with van der Waals surface area (Å²) >= 11 is 0. The standard InChI is InChI=1S/C10H18N4O/c1-3-11-6-4-7-12-10-13-8-5-9(14-10)15-2/h5,8,11H,3-4,6-7H2,1-2H3,(H,12,13,14). The molecule has 0 radical (unpaired) electrons. The van der Waals surface area contributed by atoms with Crippen LogP contribution in [-0.4, -0.2) is 36.7 Å². The van der Waals surface area contributed by atoms with Crippen molar-refractivity contribution < 1.29 is 4.74 Å². The third-order valence-electron chi connectivity index (χ3n) is 1.90. The summed E-state index contributed by atoms with van der Waals surface area (Å²) in [5.74, 6) is 1.20. The topological polar surface area (TPSA) is 59.1 Å². The minimum Gasteiger partial charge on any atom is -0.481 e. The van der Waals surface area contributed by atoms with Gasteiger partial charge in [-0.05, 0) is 19.5 Å². The van der Waals surface area contributed by atoms with Crippen molar-refractivity contribution in [2.45, 2.75) is 13.3 Å². The van der Waals surface area contributed by atoms with Crippen LogP contribution in [0.5, 0.6) is 5.88 Å². The maximum atomic E-state index is 5.00. The van der Waals surface area contributed by atoms with Gasteiger partial charge >= 0.3 is 0 Å². The lowest BCUT2D eigenvalue weighted by Gasteiger charge is -2.05. The van der Waals surface area contributed by atoms with E-state index in [9.17, 15) is 0 Å². The number of ether oxygens (including phenoxy) is 1. The summed E-state index contributed by atoms with van der Waals surface area (Å²) in [7, 11) is 1.59. The maximum Gasteiger partial charge on any atom is 0.225 e. The van der Waals surface area contributed by atoms with E-state index in [1.165, 1.54) is 0 Å². The van der Waals surface area contributed by atoms with Gasteiger partial charge in [0.25, 0.3) is 0 Å². The summed E-state index contributed by atoms with van der Waals surface area (Å²) in [5, 5.41) is 6.39. The second-order valence-electron chi connectivity index (χ2n) is 3.06. The highest BCUT2D eigenvalue weighted by atomic mass is 16.5. The number of methoxy groups -OCH3 is 1. The number of hydrogen-bond acceptors (Lipinski definition) is 5. The first-order valence-corrected chi connectivity index (χ1v) is 5.18. The van der Waals surface area contributed by atoms with E-state index >= 15 is 0 Å². The van der Waals surface area contributed by atoms with Gasteiger partial charge in [-0.3, -0.25) is 0 Å². The Balaban J connectivity index is 2.24. The Morgan fingerprint density at radius 1 is 1.40 bits per heavy atom. The molecule has 84 valence electrons. The Labute approximate surface area is 90.3 Å². The van der Waals surface area contributed by atoms with Gasteiger partial charge in [-0.1, -0.05) is 6.92 Å². The zero-order valence-corrected chi connectivity index (χ0v) is 9.29. The fourth-order valence-electron chi connectivity index (χ4n) is 1.13. The third kappa shape index (κ3) is 4.60. The van der Waals surface area contributed by atoms with E-state index in [1.54, 1.807) is 19.4 Å². The number of anilines is 1. The predicted molar refractivity (Wildman–Crippen MR) is 60.2 cm³/mol. The van der Waals surface area contributed by atoms with Crippen LogP contribution in [0.25, 0.3) is 0 Å². The molecule has 1 heterocycles. The molecule has 0 atom stereocenters. The Morgan fingerprint density at radius 2 is 2.27 bits per heavy atom. The average Bonchev–Trinajstić information content (AvgIpc) is 2.29. The largest absolute Gasteiger partial charge is 0.481 e. The van der Waals surface area contributed by atoms with Crippen molar-refractivity contribution in [3.8, 4) is 5.88 Å². The number of hydrogen-bond donors (Lipinski definition) is 2. The van der Waals surface area contributed by atoms with Crippen molar-refractivity contribution in [1.82, 2.24) is 15.3 Å². The fourth-order valence-corrected chi connectivity index (χ4v) is 1.13. The summed E-state index contributed by atoms with van der Waals surface area (Å²) in [6.07, 6.45) is 2.73. The molecule has 1 rings (SSSR count). The first-order valence-electron chi connectivity index (χ1n) is 5.18. The zero-order valence-electron chi connectivity index (χ0n) is 9.29. The van der Waals surface area contributed by atoms with E-state index < -0.39 is 0 Å². The normalized spacial score (nSPS) is 10.0. The van der Waals surface area contributed by atoms with E-state index in [4.69, 9.17) is 4.74 Å². The lowest BCUT2D eigenvalue weighted by atomic mass is 10.4. The highest BCUT2D eigenvalue weighted by Gasteiger charge is 1.97. The molecule has 0 aliphatic heterocycles. The van der Waals surface area contributed by atoms with E-state index in [2.05, 4.69) is 27.5 Å². The van der Waals surface area contributed by atoms with Gasteiger partial charge in [0.2, 0.25) is 11.8 Å². The molecule has 5 nitrogen and oxygen atoms in total. The SMILES string of the molecule is CCNCCCNc1nccc(OC)n1. The molecule has 0 fully saturated rings. The molecular formula is C10H18N4O. The lowest BCUT2D eigenvalue weighted by Crippen LogP contribution is -2.17. The van der Waals surface area contributed by atoms with Crippen LogP contribution >= 0.6 is 0 Å². The van der Waals surface area contributed by atoms with Crippen LogP contribution in [-0.2, 0) is 0 Å². The number of nitrogens with one attached hydrogen (secondary N) is 2. The third-order valence-corrected chi connectivity index (χ3v) is 1.90. The maximum absolute atomic E-state index is 5.00. The van der Waals surface area contributed by atoms with E-state index in [0.717, 1.165) is 26.1 Å². The van der Waals surface area contributed by atoms with Gasteiger partial charge in [0.15, 0.2) is 0 Å². The summed E-state index contributed by atoms with van der Waals surface area (Å²) in [5.41, 5.74) is 0. The van der Waals surface area contributed by atoms with E-state index in [-0.39, 0.29) is 0 Å². The van der Waals surface area contributed by atoms with Gasteiger partial charge in [-0.15, -0.1) is 0 Å². The van der Waals surface area contributed by atoms with Crippen molar-refractivity contribution in [2.24, 2.45) is 0 Å². The zero-order chi connectivity index (χ0) is 10.9. The van der Waals surface area contributed by atoms with Crippen molar-refractivity contribution in [1.29, 1.82) is 0 Å². The molecule has 0 bridgehead atoms. The summed E-state index contributed by atoms with van der Waals surface area (Å²) in [6, 6.07) is 1.73. The number of nitrogens with zero attached hydrogens (tertiary/aromatic N) is 2. The number of aromatic nitrogens is 2. The predicted octanol–water partition coefficient (Wildman–Crippen LogP) is 0.897. The van der Waals surface area contributed by atoms with Gasteiger partial charge in [-0.2, -0.15) is 4.98 Å². The minimum atomic E-state index is 0.583. The molecule has 0 amide bonds. The van der Waals surface area contributed by atoms with Crippen molar-refractivity contribution in [3.05, 3.63) is 12.3 Å². The Hall–Kier alpha value is -1.36. The molecule has 0 unspecified atom stereocenters. The molecule has 15 heavy (non-hydrogen) atoms. The van der Waals surface area contributed by atoms with Gasteiger partial charge in [0.1, 0.15) is 0 Å². The van der Waals surface area contributed by atoms with Crippen molar-refractivity contribution in [3.63, 3.8) is 0 Å². The molecule has 5 heteroatoms. The van der Waals surface area contributed by atoms with Gasteiger partial charge in [0.05, 0.1) is 7.11 Å². The lowest BCUT2D eigenvalue weighted by molar-refractivity contribution is 0.397. The highest BCUT2D eigenvalue weighted by Crippen LogP contribution is 2.06. The molecule has 0 spiro atoms. The molecule has 1 aromatic rings. The van der Waals surface area contributed by atoms with Crippen molar-refractivity contribution in [2.75, 3.05) is 32.1 Å². The molecule has 2 N–H and O–H groups in total. The van der Waals surface area contributed by atoms with E-state index in [0.29, 0.717) is 11.8 Å². The van der Waals surface area contributed by atoms with Gasteiger partial charge in [-0.25, -0.2) is 4.98 Å². The van der Waals surface area contributed by atoms with Crippen LogP contribution in [0.2, 0.25) is 0 Å². The Bertz CT molecular complexity index is 280. The van der Waals surface area contributed by atoms with Crippen LogP contribution < -0.4 is 15.4 Å². The van der Waals surface area contributed by atoms with E-state index in [1.807, 2.05) is 0 Å². The van der Waals surface area contributed by atoms with Crippen LogP contribution in [0, 0.1) is 0 Å². The quantitative estimate of drug-likeness (QED) is 0.655. The molecule has 0 aliphatic carbocycles. The Morgan fingerprint density at radius 3 is 3.00 bits per heavy atom. The van der Waals surface area contributed by atoms with Crippen LogP contribution in [0.1, 0.15) is 13.3 Å². The molecular weight excluding hydrogens is 192 g/mol. The highest BCUT2D eigenvalue weighted by molar-refractivity contribution is 5.26. The van der Waals surface area contributed by atoms with Crippen LogP contribution in [0.15, 0.2) is 12.3 Å². The summed E-state index contributed by atoms with van der Waals surface area (Å²) in [6.45, 7) is 4.97. The summed E-state index contributed by atoms with van der Waals surface area (Å²) < 4.78 is 5.00. The van der Waals surface area contributed by atoms with Crippen LogP contribution in [0.3, 0.4) is 0 Å². The molecule has 0 aliphatic rings.